The lowest BCUT2D eigenvalue weighted by Crippen LogP contribution is -2.30. The fourth-order valence-electron chi connectivity index (χ4n) is 1.88. The van der Waals surface area contributed by atoms with E-state index in [-0.39, 0.29) is 12.1 Å². The molecule has 0 amide bonds. The van der Waals surface area contributed by atoms with Gasteiger partial charge in [-0.2, -0.15) is 10.2 Å². The molecule has 5 nitrogen and oxygen atoms in total. The fourth-order valence-corrected chi connectivity index (χ4v) is 1.88. The maximum Gasteiger partial charge on any atom is 0.0946 e. The number of nitrogens with two attached hydrogens (primary N) is 1. The monoisotopic (exact) mass is 219 g/mol. The Labute approximate surface area is 94.9 Å². The molecule has 2 aromatic rings. The van der Waals surface area contributed by atoms with Gasteiger partial charge in [-0.1, -0.05) is 0 Å². The van der Waals surface area contributed by atoms with Gasteiger partial charge in [0.15, 0.2) is 0 Å². The minimum atomic E-state index is -0.0106. The van der Waals surface area contributed by atoms with Crippen LogP contribution in [0, 0.1) is 6.92 Å². The quantitative estimate of drug-likeness (QED) is 0.833. The highest BCUT2D eigenvalue weighted by atomic mass is 15.3. The summed E-state index contributed by atoms with van der Waals surface area (Å²) < 4.78 is 3.68. The normalized spacial score (nSPS) is 15.0. The molecular formula is C11H17N5. The SMILES string of the molecule is Cc1cnn(C(c2cnn(C)c2)C(C)N)c1. The van der Waals surface area contributed by atoms with Crippen molar-refractivity contribution in [1.29, 1.82) is 0 Å². The minimum Gasteiger partial charge on any atom is -0.326 e. The van der Waals surface area contributed by atoms with Crippen molar-refractivity contribution >= 4 is 0 Å². The second-order valence-electron chi connectivity index (χ2n) is 4.25. The van der Waals surface area contributed by atoms with Gasteiger partial charge in [-0.3, -0.25) is 9.36 Å². The molecule has 0 radical (unpaired) electrons. The highest BCUT2D eigenvalue weighted by Gasteiger charge is 2.20. The fraction of sp³-hybridized carbons (Fsp3) is 0.455. The summed E-state index contributed by atoms with van der Waals surface area (Å²) in [4.78, 5) is 0. The van der Waals surface area contributed by atoms with Gasteiger partial charge in [0.05, 0.1) is 18.4 Å². The second-order valence-corrected chi connectivity index (χ2v) is 4.25. The van der Waals surface area contributed by atoms with E-state index in [2.05, 4.69) is 10.2 Å². The maximum absolute atomic E-state index is 6.02. The first-order chi connectivity index (χ1) is 7.58. The summed E-state index contributed by atoms with van der Waals surface area (Å²) in [6, 6.07) is 0.0332. The van der Waals surface area contributed by atoms with Gasteiger partial charge in [0.25, 0.3) is 0 Å². The first-order valence-corrected chi connectivity index (χ1v) is 5.33. The predicted octanol–water partition coefficient (Wildman–Crippen LogP) is 0.862. The molecular weight excluding hydrogens is 202 g/mol. The van der Waals surface area contributed by atoms with Crippen LogP contribution in [0.3, 0.4) is 0 Å². The Kier molecular flexibility index (Phi) is 2.78. The molecule has 0 spiro atoms. The summed E-state index contributed by atoms with van der Waals surface area (Å²) in [5.41, 5.74) is 8.24. The molecule has 0 fully saturated rings. The molecule has 2 aromatic heterocycles. The lowest BCUT2D eigenvalue weighted by Gasteiger charge is -2.19. The highest BCUT2D eigenvalue weighted by molar-refractivity contribution is 5.15. The molecule has 0 aliphatic carbocycles. The third-order valence-corrected chi connectivity index (χ3v) is 2.58. The maximum atomic E-state index is 6.02. The summed E-state index contributed by atoms with van der Waals surface area (Å²) >= 11 is 0. The first-order valence-electron chi connectivity index (χ1n) is 5.33. The van der Waals surface area contributed by atoms with E-state index >= 15 is 0 Å². The van der Waals surface area contributed by atoms with Crippen LogP contribution >= 0.6 is 0 Å². The topological polar surface area (TPSA) is 61.7 Å². The van der Waals surface area contributed by atoms with Crippen LogP contribution in [0.4, 0.5) is 0 Å². The number of rotatable bonds is 3. The molecule has 0 aliphatic rings. The third kappa shape index (κ3) is 1.99. The van der Waals surface area contributed by atoms with Crippen molar-refractivity contribution in [2.75, 3.05) is 0 Å². The van der Waals surface area contributed by atoms with Gasteiger partial charge in [-0.05, 0) is 19.4 Å². The zero-order chi connectivity index (χ0) is 11.7. The number of hydrogen-bond acceptors (Lipinski definition) is 3. The van der Waals surface area contributed by atoms with Crippen LogP contribution in [0.25, 0.3) is 0 Å². The van der Waals surface area contributed by atoms with E-state index in [0.29, 0.717) is 0 Å². The largest absolute Gasteiger partial charge is 0.326 e. The van der Waals surface area contributed by atoms with Crippen molar-refractivity contribution in [1.82, 2.24) is 19.6 Å². The summed E-state index contributed by atoms with van der Waals surface area (Å²) in [6.45, 7) is 4.00. The number of nitrogens with zero attached hydrogens (tertiary/aromatic N) is 4. The lowest BCUT2D eigenvalue weighted by molar-refractivity contribution is 0.453. The van der Waals surface area contributed by atoms with Crippen LogP contribution in [-0.2, 0) is 7.05 Å². The Morgan fingerprint density at radius 3 is 2.44 bits per heavy atom. The van der Waals surface area contributed by atoms with Crippen molar-refractivity contribution < 1.29 is 0 Å². The number of aromatic nitrogens is 4. The Hall–Kier alpha value is -1.62. The minimum absolute atomic E-state index is 0.0106. The van der Waals surface area contributed by atoms with Gasteiger partial charge in [-0.15, -0.1) is 0 Å². The highest BCUT2D eigenvalue weighted by Crippen LogP contribution is 2.20. The number of hydrogen-bond donors (Lipinski definition) is 1. The van der Waals surface area contributed by atoms with Crippen molar-refractivity contribution in [2.24, 2.45) is 12.8 Å². The molecule has 0 aromatic carbocycles. The lowest BCUT2D eigenvalue weighted by atomic mass is 10.1. The zero-order valence-corrected chi connectivity index (χ0v) is 9.83. The second kappa shape index (κ2) is 4.09. The van der Waals surface area contributed by atoms with E-state index in [9.17, 15) is 0 Å². The van der Waals surface area contributed by atoms with Gasteiger partial charge < -0.3 is 5.73 Å². The molecule has 5 heteroatoms. The zero-order valence-electron chi connectivity index (χ0n) is 9.83. The van der Waals surface area contributed by atoms with E-state index in [4.69, 9.17) is 5.73 Å². The van der Waals surface area contributed by atoms with Crippen LogP contribution in [-0.4, -0.2) is 25.6 Å². The summed E-state index contributed by atoms with van der Waals surface area (Å²) in [6.07, 6.45) is 7.66. The van der Waals surface area contributed by atoms with Crippen LogP contribution in [0.1, 0.15) is 24.1 Å². The van der Waals surface area contributed by atoms with Crippen LogP contribution < -0.4 is 5.73 Å². The van der Waals surface area contributed by atoms with Crippen LogP contribution in [0.15, 0.2) is 24.8 Å². The van der Waals surface area contributed by atoms with Gasteiger partial charge in [0.2, 0.25) is 0 Å². The first kappa shape index (κ1) is 10.9. The molecule has 0 bridgehead atoms. The average Bonchev–Trinajstić information content (AvgIpc) is 2.76. The standard InChI is InChI=1S/C11H17N5/c1-8-4-14-16(6-8)11(9(2)12)10-5-13-15(3)7-10/h4-7,9,11H,12H2,1-3H3. The molecule has 16 heavy (non-hydrogen) atoms. The van der Waals surface area contributed by atoms with Crippen LogP contribution in [0.5, 0.6) is 0 Å². The molecule has 2 unspecified atom stereocenters. The molecule has 2 rings (SSSR count). The predicted molar refractivity (Wildman–Crippen MR) is 62.0 cm³/mol. The molecule has 86 valence electrons. The molecule has 2 atom stereocenters. The third-order valence-electron chi connectivity index (χ3n) is 2.58. The van der Waals surface area contributed by atoms with Gasteiger partial charge in [-0.25, -0.2) is 0 Å². The van der Waals surface area contributed by atoms with Crippen LogP contribution in [0.2, 0.25) is 0 Å². The van der Waals surface area contributed by atoms with E-state index in [1.807, 2.05) is 50.4 Å². The Bertz CT molecular complexity index is 428. The van der Waals surface area contributed by atoms with E-state index in [0.717, 1.165) is 11.1 Å². The summed E-state index contributed by atoms with van der Waals surface area (Å²) in [5, 5.41) is 8.49. The Morgan fingerprint density at radius 1 is 1.25 bits per heavy atom. The van der Waals surface area contributed by atoms with Gasteiger partial charge in [0.1, 0.15) is 0 Å². The van der Waals surface area contributed by atoms with Crippen molar-refractivity contribution in [2.45, 2.75) is 25.9 Å². The van der Waals surface area contributed by atoms with E-state index < -0.39 is 0 Å². The van der Waals surface area contributed by atoms with Crippen molar-refractivity contribution in [3.05, 3.63) is 35.9 Å². The molecule has 0 saturated carbocycles. The average molecular weight is 219 g/mol. The smallest absolute Gasteiger partial charge is 0.0946 e. The number of aryl methyl sites for hydroxylation is 2. The van der Waals surface area contributed by atoms with Crippen molar-refractivity contribution in [3.8, 4) is 0 Å². The summed E-state index contributed by atoms with van der Waals surface area (Å²) in [5.74, 6) is 0. The molecule has 0 saturated heterocycles. The van der Waals surface area contributed by atoms with E-state index in [1.165, 1.54) is 0 Å². The summed E-state index contributed by atoms with van der Waals surface area (Å²) in [7, 11) is 1.90. The molecule has 2 heterocycles. The molecule has 0 aliphatic heterocycles. The Balaban J connectivity index is 2.38. The molecule has 2 N–H and O–H groups in total. The van der Waals surface area contributed by atoms with Gasteiger partial charge >= 0.3 is 0 Å². The van der Waals surface area contributed by atoms with E-state index in [1.54, 1.807) is 4.68 Å². The van der Waals surface area contributed by atoms with Crippen molar-refractivity contribution in [3.63, 3.8) is 0 Å². The van der Waals surface area contributed by atoms with Gasteiger partial charge in [0, 0.05) is 31.0 Å². The Morgan fingerprint density at radius 2 is 2.00 bits per heavy atom.